The van der Waals surface area contributed by atoms with Crippen molar-refractivity contribution in [2.24, 2.45) is 5.92 Å². The molecule has 2 N–H and O–H groups in total. The maximum Gasteiger partial charge on any atom is 0.221 e. The van der Waals surface area contributed by atoms with Crippen molar-refractivity contribution in [2.75, 3.05) is 32.7 Å². The molecule has 0 saturated carbocycles. The molecule has 4 nitrogen and oxygen atoms in total. The van der Waals surface area contributed by atoms with Gasteiger partial charge in [-0.2, -0.15) is 0 Å². The van der Waals surface area contributed by atoms with E-state index in [0.717, 1.165) is 38.6 Å². The summed E-state index contributed by atoms with van der Waals surface area (Å²) < 4.78 is 0. The van der Waals surface area contributed by atoms with Gasteiger partial charge in [0.1, 0.15) is 0 Å². The van der Waals surface area contributed by atoms with Gasteiger partial charge in [0.05, 0.1) is 0 Å². The highest BCUT2D eigenvalue weighted by molar-refractivity contribution is 5.75. The van der Waals surface area contributed by atoms with E-state index in [1.54, 1.807) is 0 Å². The van der Waals surface area contributed by atoms with Crippen molar-refractivity contribution >= 4 is 5.91 Å². The van der Waals surface area contributed by atoms with E-state index in [1.807, 2.05) is 6.92 Å². The minimum Gasteiger partial charge on any atom is -0.356 e. The number of nitrogens with one attached hydrogen (secondary N) is 2. The molecule has 1 saturated heterocycles. The van der Waals surface area contributed by atoms with Gasteiger partial charge < -0.3 is 15.5 Å². The predicted molar refractivity (Wildman–Crippen MR) is 80.2 cm³/mol. The number of hydrogen-bond acceptors (Lipinski definition) is 3. The normalized spacial score (nSPS) is 21.4. The molecule has 1 heterocycles. The van der Waals surface area contributed by atoms with Crippen molar-refractivity contribution < 1.29 is 4.79 Å². The van der Waals surface area contributed by atoms with Crippen molar-refractivity contribution in [1.29, 1.82) is 0 Å². The predicted octanol–water partition coefficient (Wildman–Crippen LogP) is 1.61. The molecule has 112 valence electrons. The Balaban J connectivity index is 2.24. The third-order valence-electron chi connectivity index (χ3n) is 3.55. The fraction of sp³-hybridized carbons (Fsp3) is 0.933. The zero-order valence-corrected chi connectivity index (χ0v) is 13.1. The number of likely N-dealkylation sites (tertiary alicyclic amines) is 1. The maximum atomic E-state index is 11.5. The molecule has 0 aromatic heterocycles. The Hall–Kier alpha value is -0.610. The Bertz CT molecular complexity index is 273. The number of carbonyl (C=O) groups is 1. The lowest BCUT2D eigenvalue weighted by Crippen LogP contribution is -2.45. The summed E-state index contributed by atoms with van der Waals surface area (Å²) >= 11 is 0. The van der Waals surface area contributed by atoms with Gasteiger partial charge in [0.15, 0.2) is 0 Å². The fourth-order valence-electron chi connectivity index (χ4n) is 2.52. The molecule has 0 radical (unpaired) electrons. The van der Waals surface area contributed by atoms with Crippen LogP contribution in [0, 0.1) is 5.92 Å². The zero-order valence-electron chi connectivity index (χ0n) is 13.1. The van der Waals surface area contributed by atoms with Crippen LogP contribution in [0.4, 0.5) is 0 Å². The molecular weight excluding hydrogens is 238 g/mol. The lowest BCUT2D eigenvalue weighted by atomic mass is 9.96. The highest BCUT2D eigenvalue weighted by Crippen LogP contribution is 2.16. The Morgan fingerprint density at radius 3 is 2.74 bits per heavy atom. The lowest BCUT2D eigenvalue weighted by Gasteiger charge is -2.34. The molecule has 0 aliphatic carbocycles. The van der Waals surface area contributed by atoms with Gasteiger partial charge in [-0.3, -0.25) is 4.79 Å². The van der Waals surface area contributed by atoms with Crippen LogP contribution in [0.15, 0.2) is 0 Å². The van der Waals surface area contributed by atoms with Gasteiger partial charge in [-0.15, -0.1) is 0 Å². The molecule has 19 heavy (non-hydrogen) atoms. The molecule has 1 rings (SSSR count). The van der Waals surface area contributed by atoms with Gasteiger partial charge >= 0.3 is 0 Å². The van der Waals surface area contributed by atoms with Gasteiger partial charge in [-0.05, 0) is 59.5 Å². The van der Waals surface area contributed by atoms with Gasteiger partial charge in [-0.25, -0.2) is 0 Å². The summed E-state index contributed by atoms with van der Waals surface area (Å²) in [6.07, 6.45) is 3.19. The molecule has 4 heteroatoms. The molecule has 1 amide bonds. The molecule has 1 atom stereocenters. The lowest BCUT2D eigenvalue weighted by molar-refractivity contribution is -0.121. The number of piperidine rings is 1. The molecule has 0 bridgehead atoms. The number of carbonyl (C=O) groups excluding carboxylic acids is 1. The van der Waals surface area contributed by atoms with Crippen LogP contribution in [-0.4, -0.2) is 49.1 Å². The van der Waals surface area contributed by atoms with Crippen molar-refractivity contribution in [3.8, 4) is 0 Å². The minimum atomic E-state index is 0.178. The first-order chi connectivity index (χ1) is 8.90. The third-order valence-corrected chi connectivity index (χ3v) is 3.55. The van der Waals surface area contributed by atoms with E-state index in [-0.39, 0.29) is 11.4 Å². The van der Waals surface area contributed by atoms with Crippen LogP contribution in [0.5, 0.6) is 0 Å². The van der Waals surface area contributed by atoms with E-state index in [1.165, 1.54) is 12.8 Å². The number of nitrogens with zero attached hydrogens (tertiary/aromatic N) is 1. The summed E-state index contributed by atoms with van der Waals surface area (Å²) in [6, 6.07) is 0. The number of hydrogen-bond donors (Lipinski definition) is 2. The second kappa shape index (κ2) is 7.85. The van der Waals surface area contributed by atoms with Crippen LogP contribution in [0.2, 0.25) is 0 Å². The summed E-state index contributed by atoms with van der Waals surface area (Å²) in [6.45, 7) is 13.6. The van der Waals surface area contributed by atoms with Gasteiger partial charge in [0.2, 0.25) is 5.91 Å². The molecule has 1 aliphatic rings. The first-order valence-corrected chi connectivity index (χ1v) is 7.65. The Morgan fingerprint density at radius 2 is 2.11 bits per heavy atom. The smallest absolute Gasteiger partial charge is 0.221 e. The summed E-state index contributed by atoms with van der Waals surface area (Å²) in [5.41, 5.74) is 0.198. The summed E-state index contributed by atoms with van der Waals surface area (Å²) in [4.78, 5) is 13.9. The molecule has 0 aromatic rings. The third kappa shape index (κ3) is 7.53. The molecule has 0 spiro atoms. The Kier molecular flexibility index (Phi) is 6.80. The Labute approximate surface area is 118 Å². The maximum absolute atomic E-state index is 11.5. The first-order valence-electron chi connectivity index (χ1n) is 7.65. The van der Waals surface area contributed by atoms with Crippen LogP contribution in [0.1, 0.15) is 47.0 Å². The average Bonchev–Trinajstić information content (AvgIpc) is 2.34. The zero-order chi connectivity index (χ0) is 14.3. The van der Waals surface area contributed by atoms with Crippen LogP contribution in [-0.2, 0) is 4.79 Å². The van der Waals surface area contributed by atoms with E-state index in [4.69, 9.17) is 0 Å². The average molecular weight is 269 g/mol. The van der Waals surface area contributed by atoms with Gasteiger partial charge in [0.25, 0.3) is 0 Å². The summed E-state index contributed by atoms with van der Waals surface area (Å²) in [5.74, 6) is 0.902. The highest BCUT2D eigenvalue weighted by atomic mass is 16.1. The molecule has 1 aliphatic heterocycles. The van der Waals surface area contributed by atoms with E-state index in [9.17, 15) is 4.79 Å². The second-order valence-electron chi connectivity index (χ2n) is 6.64. The topological polar surface area (TPSA) is 44.4 Å². The van der Waals surface area contributed by atoms with Crippen LogP contribution in [0.25, 0.3) is 0 Å². The fourth-order valence-corrected chi connectivity index (χ4v) is 2.52. The SMILES string of the molecule is CCNC(=O)CCN1CCCC(CNC(C)(C)C)C1. The molecule has 1 unspecified atom stereocenters. The summed E-state index contributed by atoms with van der Waals surface area (Å²) in [7, 11) is 0. The van der Waals surface area contributed by atoms with Crippen LogP contribution < -0.4 is 10.6 Å². The van der Waals surface area contributed by atoms with E-state index < -0.39 is 0 Å². The quantitative estimate of drug-likeness (QED) is 0.770. The monoisotopic (exact) mass is 269 g/mol. The van der Waals surface area contributed by atoms with Crippen molar-refractivity contribution in [2.45, 2.75) is 52.5 Å². The van der Waals surface area contributed by atoms with E-state index in [2.05, 4.69) is 36.3 Å². The van der Waals surface area contributed by atoms with Gasteiger partial charge in [0, 0.05) is 31.6 Å². The standard InChI is InChI=1S/C15H31N3O/c1-5-16-14(19)8-10-18-9-6-7-13(12-18)11-17-15(2,3)4/h13,17H,5-12H2,1-4H3,(H,16,19). The Morgan fingerprint density at radius 1 is 1.37 bits per heavy atom. The molecule has 0 aromatic carbocycles. The van der Waals surface area contributed by atoms with Crippen LogP contribution >= 0.6 is 0 Å². The largest absolute Gasteiger partial charge is 0.356 e. The summed E-state index contributed by atoms with van der Waals surface area (Å²) in [5, 5.41) is 6.45. The molecular formula is C15H31N3O. The first kappa shape index (κ1) is 16.4. The van der Waals surface area contributed by atoms with E-state index in [0.29, 0.717) is 6.42 Å². The van der Waals surface area contributed by atoms with Crippen molar-refractivity contribution in [3.05, 3.63) is 0 Å². The number of rotatable bonds is 6. The minimum absolute atomic E-state index is 0.178. The second-order valence-corrected chi connectivity index (χ2v) is 6.64. The van der Waals surface area contributed by atoms with E-state index >= 15 is 0 Å². The number of amides is 1. The van der Waals surface area contributed by atoms with Crippen molar-refractivity contribution in [1.82, 2.24) is 15.5 Å². The molecule has 1 fully saturated rings. The highest BCUT2D eigenvalue weighted by Gasteiger charge is 2.21. The van der Waals surface area contributed by atoms with Gasteiger partial charge in [-0.1, -0.05) is 0 Å². The van der Waals surface area contributed by atoms with Crippen LogP contribution in [0.3, 0.4) is 0 Å². The van der Waals surface area contributed by atoms with Crippen molar-refractivity contribution in [3.63, 3.8) is 0 Å².